The zero-order valence-corrected chi connectivity index (χ0v) is 37.4. The Kier molecular flexibility index (Phi) is 14.7. The van der Waals surface area contributed by atoms with E-state index in [2.05, 4.69) is 271 Å². The van der Waals surface area contributed by atoms with Gasteiger partial charge in [-0.25, -0.2) is 0 Å². The van der Waals surface area contributed by atoms with Crippen molar-refractivity contribution in [3.05, 3.63) is 5.92 Å². The molecule has 0 aromatic carbocycles. The monoisotopic (exact) mass is 1440 g/mol. The minimum absolute atomic E-state index is 0.751. The van der Waals surface area contributed by atoms with E-state index in [1.165, 1.54) is 0 Å². The summed E-state index contributed by atoms with van der Waals surface area (Å²) in [5, 5.41) is 0. The molecule has 1 radical (unpaired) electrons. The second-order valence-corrected chi connectivity index (χ2v) is 38.2. The highest BCUT2D eigenvalue weighted by Crippen LogP contribution is 2.76. The van der Waals surface area contributed by atoms with E-state index in [0.717, 1.165) is 5.92 Å². The molecule has 0 nitrogen and oxygen atoms in total. The van der Waals surface area contributed by atoms with Crippen LogP contribution in [0.2, 0.25) is 0 Å². The number of hydrogen-bond acceptors (Lipinski definition) is 0. The van der Waals surface area contributed by atoms with Crippen LogP contribution in [0.4, 0.5) is 0 Å². The van der Waals surface area contributed by atoms with Gasteiger partial charge < -0.3 is 0 Å². The van der Waals surface area contributed by atoms with Crippen LogP contribution < -0.4 is 0 Å². The summed E-state index contributed by atoms with van der Waals surface area (Å²) in [6.45, 7) is 0. The average Bonchev–Trinajstić information content (AvgIpc) is 2.21. The number of alkyl halides is 17. The first-order chi connectivity index (χ1) is 10.4. The van der Waals surface area contributed by atoms with Gasteiger partial charge in [0.1, 0.15) is 17.2 Å². The standard InChI is InChI=1S/C8Br17/c9-2(10,1(3(11,12)13)4(14,15)16)5(17,18)6(19,20)7(21,22)8(23,24)25. The van der Waals surface area contributed by atoms with Crippen molar-refractivity contribution in [1.29, 1.82) is 0 Å². The van der Waals surface area contributed by atoms with Gasteiger partial charge in [0.2, 0.25) is 0 Å². The molecule has 0 atom stereocenters. The first-order valence-electron chi connectivity index (χ1n) is 4.96. The van der Waals surface area contributed by atoms with Crippen LogP contribution in [0.25, 0.3) is 0 Å². The zero-order chi connectivity index (χ0) is 21.1. The molecule has 0 fully saturated rings. The highest BCUT2D eigenvalue weighted by atomic mass is 80.0. The lowest BCUT2D eigenvalue weighted by atomic mass is 10.0. The molecule has 0 saturated carbocycles. The van der Waals surface area contributed by atoms with Crippen molar-refractivity contribution in [3.63, 3.8) is 0 Å². The molecule has 0 aliphatic carbocycles. The zero-order valence-electron chi connectivity index (χ0n) is 10.4. The van der Waals surface area contributed by atoms with Crippen LogP contribution in [0, 0.1) is 5.92 Å². The smallest absolute Gasteiger partial charge is 0.0692 e. The third-order valence-electron chi connectivity index (χ3n) is 2.42. The van der Waals surface area contributed by atoms with Crippen molar-refractivity contribution < 1.29 is 0 Å². The summed E-state index contributed by atoms with van der Waals surface area (Å²) in [6.07, 6.45) is 0. The normalized spacial score (nSPS) is 16.6. The fraction of sp³-hybridized carbons (Fsp3) is 0.875. The van der Waals surface area contributed by atoms with E-state index in [9.17, 15) is 0 Å². The van der Waals surface area contributed by atoms with E-state index in [4.69, 9.17) is 0 Å². The maximum absolute atomic E-state index is 3.80. The van der Waals surface area contributed by atoms with Crippen molar-refractivity contribution in [2.24, 2.45) is 0 Å². The van der Waals surface area contributed by atoms with Crippen LogP contribution in [0.1, 0.15) is 0 Å². The Hall–Kier alpha value is 8.16. The fourth-order valence-corrected chi connectivity index (χ4v) is 19.6. The summed E-state index contributed by atoms with van der Waals surface area (Å²) in [7, 11) is 0. The first-order valence-corrected chi connectivity index (χ1v) is 18.4. The van der Waals surface area contributed by atoms with Crippen LogP contribution in [-0.2, 0) is 0 Å². The lowest BCUT2D eigenvalue weighted by molar-refractivity contribution is 0.652. The molecule has 0 spiro atoms. The molecule has 0 aromatic rings. The quantitative estimate of drug-likeness (QED) is 0.246. The molecule has 0 amide bonds. The van der Waals surface area contributed by atoms with Crippen LogP contribution in [0.5, 0.6) is 0 Å². The van der Waals surface area contributed by atoms with Crippen molar-refractivity contribution >= 4 is 271 Å². The summed E-state index contributed by atoms with van der Waals surface area (Å²) in [5.74, 6) is 0.768. The number of halogens is 17. The molecule has 151 valence electrons. The molecule has 0 heterocycles. The van der Waals surface area contributed by atoms with Gasteiger partial charge in [-0.05, 0) is 0 Å². The predicted octanol–water partition coefficient (Wildman–Crippen LogP) is 13.0. The molecule has 25 heavy (non-hydrogen) atoms. The fourth-order valence-electron chi connectivity index (χ4n) is 1.25. The summed E-state index contributed by atoms with van der Waals surface area (Å²) in [4.78, 5) is 0. The van der Waals surface area contributed by atoms with E-state index in [1.807, 2.05) is 0 Å². The SMILES string of the molecule is BrC(Br)(Br)[C](C(Br)(Br)Br)C(Br)(Br)C(Br)(Br)C(Br)(Br)C(Br)(Br)C(Br)(Br)Br. The minimum atomic E-state index is -0.940. The van der Waals surface area contributed by atoms with Crippen LogP contribution in [0.15, 0.2) is 0 Å². The van der Waals surface area contributed by atoms with E-state index >= 15 is 0 Å². The van der Waals surface area contributed by atoms with Crippen molar-refractivity contribution in [2.75, 3.05) is 0 Å². The van der Waals surface area contributed by atoms with Gasteiger partial charge in [0.05, 0.1) is 5.92 Å². The van der Waals surface area contributed by atoms with Crippen molar-refractivity contribution in [1.82, 2.24) is 0 Å². The lowest BCUT2D eigenvalue weighted by Gasteiger charge is -2.54. The minimum Gasteiger partial charge on any atom is -0.0692 e. The summed E-state index contributed by atoms with van der Waals surface area (Å²) in [5.41, 5.74) is 0. The van der Waals surface area contributed by atoms with E-state index < -0.39 is 19.4 Å². The third-order valence-corrected chi connectivity index (χ3v) is 25.3. The molecule has 0 aromatic heterocycles. The highest BCUT2D eigenvalue weighted by Gasteiger charge is 2.74. The van der Waals surface area contributed by atoms with Crippen molar-refractivity contribution in [3.8, 4) is 0 Å². The van der Waals surface area contributed by atoms with Crippen LogP contribution in [0.3, 0.4) is 0 Å². The summed E-state index contributed by atoms with van der Waals surface area (Å²) in [6, 6.07) is 0. The molecular formula is C8Br17. The third kappa shape index (κ3) is 7.57. The Morgan fingerprint density at radius 3 is 0.840 bits per heavy atom. The maximum Gasteiger partial charge on any atom is 0.162 e. The molecule has 0 aliphatic heterocycles. The predicted molar refractivity (Wildman–Crippen MR) is 174 cm³/mol. The Balaban J connectivity index is 6.56. The molecular weight excluding hydrogens is 1450 g/mol. The van der Waals surface area contributed by atoms with Gasteiger partial charge in [0.25, 0.3) is 0 Å². The number of hydrogen-bond donors (Lipinski definition) is 0. The number of rotatable bonds is 4. The van der Waals surface area contributed by atoms with E-state index in [1.54, 1.807) is 0 Å². The second kappa shape index (κ2) is 11.0. The molecule has 0 saturated heterocycles. The Morgan fingerprint density at radius 1 is 0.360 bits per heavy atom. The van der Waals surface area contributed by atoms with Crippen LogP contribution in [-0.4, -0.2) is 19.4 Å². The average molecular weight is 1450 g/mol. The second-order valence-electron chi connectivity index (χ2n) is 4.17. The topological polar surface area (TPSA) is 0 Å². The maximum atomic E-state index is 3.80. The summed E-state index contributed by atoms with van der Waals surface area (Å²) < 4.78 is -5.94. The largest absolute Gasteiger partial charge is 0.162 e. The van der Waals surface area contributed by atoms with Gasteiger partial charge in [-0.2, -0.15) is 0 Å². The molecule has 0 aliphatic rings. The summed E-state index contributed by atoms with van der Waals surface area (Å²) >= 11 is 62.3. The van der Waals surface area contributed by atoms with Gasteiger partial charge in [-0.15, -0.1) is 0 Å². The van der Waals surface area contributed by atoms with Crippen LogP contribution >= 0.6 is 271 Å². The van der Waals surface area contributed by atoms with Gasteiger partial charge >= 0.3 is 0 Å². The Morgan fingerprint density at radius 2 is 0.640 bits per heavy atom. The first kappa shape index (κ1) is 33.2. The highest BCUT2D eigenvalue weighted by molar-refractivity contribution is 9.42. The van der Waals surface area contributed by atoms with Gasteiger partial charge in [-0.3, -0.25) is 0 Å². The van der Waals surface area contributed by atoms with E-state index in [0.29, 0.717) is 0 Å². The Bertz CT molecular complexity index is 458. The molecule has 0 bridgehead atoms. The lowest BCUT2D eigenvalue weighted by Crippen LogP contribution is -2.63. The van der Waals surface area contributed by atoms with Crippen molar-refractivity contribution in [2.45, 2.75) is 19.4 Å². The van der Waals surface area contributed by atoms with Gasteiger partial charge in [0, 0.05) is 0 Å². The van der Waals surface area contributed by atoms with Gasteiger partial charge in [0.15, 0.2) is 2.14 Å². The van der Waals surface area contributed by atoms with E-state index in [-0.39, 0.29) is 0 Å². The van der Waals surface area contributed by atoms with Gasteiger partial charge in [-0.1, -0.05) is 271 Å². The molecule has 17 heteroatoms. The molecule has 0 rings (SSSR count). The Labute approximate surface area is 289 Å². The molecule has 0 N–H and O–H groups in total. The molecule has 0 unspecified atom stereocenters.